The van der Waals surface area contributed by atoms with E-state index in [-0.39, 0.29) is 11.8 Å². The van der Waals surface area contributed by atoms with Crippen molar-refractivity contribution < 1.29 is 5.11 Å². The molecule has 28 heavy (non-hydrogen) atoms. The van der Waals surface area contributed by atoms with Crippen LogP contribution >= 0.6 is 0 Å². The fourth-order valence-corrected chi connectivity index (χ4v) is 4.10. The largest absolute Gasteiger partial charge is 0.508 e. The average Bonchev–Trinajstić information content (AvgIpc) is 3.11. The third-order valence-corrected chi connectivity index (χ3v) is 5.67. The van der Waals surface area contributed by atoms with Crippen molar-refractivity contribution >= 4 is 16.9 Å². The normalized spacial score (nSPS) is 16.2. The van der Waals surface area contributed by atoms with Crippen molar-refractivity contribution in [3.8, 4) is 17.0 Å². The average molecular weight is 371 g/mol. The van der Waals surface area contributed by atoms with Crippen molar-refractivity contribution in [3.05, 3.63) is 65.5 Å². The summed E-state index contributed by atoms with van der Waals surface area (Å²) in [5.74, 6) is 0.643. The molecule has 0 saturated carbocycles. The quantitative estimate of drug-likeness (QED) is 0.559. The maximum Gasteiger partial charge on any atom is 0.164 e. The fourth-order valence-electron chi connectivity index (χ4n) is 4.10. The molecule has 1 aliphatic carbocycles. The number of aromatic hydroxyl groups is 1. The zero-order valence-corrected chi connectivity index (χ0v) is 15.6. The maximum atomic E-state index is 10.2. The molecule has 0 radical (unpaired) electrons. The molecule has 2 aromatic carbocycles. The lowest BCUT2D eigenvalue weighted by Gasteiger charge is -2.25. The molecule has 5 rings (SSSR count). The van der Waals surface area contributed by atoms with Crippen molar-refractivity contribution in [2.45, 2.75) is 32.2 Å². The molecule has 140 valence electrons. The van der Waals surface area contributed by atoms with Crippen LogP contribution in [0.1, 0.15) is 29.2 Å². The minimum Gasteiger partial charge on any atom is -0.508 e. The van der Waals surface area contributed by atoms with Gasteiger partial charge >= 0.3 is 0 Å². The van der Waals surface area contributed by atoms with E-state index in [0.717, 1.165) is 41.4 Å². The van der Waals surface area contributed by atoms with Crippen LogP contribution in [-0.2, 0) is 12.8 Å². The van der Waals surface area contributed by atoms with Gasteiger partial charge in [-0.05, 0) is 48.9 Å². The second-order valence-corrected chi connectivity index (χ2v) is 7.42. The minimum absolute atomic E-state index is 0.208. The maximum absolute atomic E-state index is 10.2. The third kappa shape index (κ3) is 2.60. The number of rotatable bonds is 2. The zero-order chi connectivity index (χ0) is 19.3. The summed E-state index contributed by atoms with van der Waals surface area (Å²) in [6.07, 6.45) is 4.41. The Morgan fingerprint density at radius 1 is 1.11 bits per heavy atom. The number of aryl methyl sites for hydroxylation is 2. The van der Waals surface area contributed by atoms with E-state index in [9.17, 15) is 5.11 Å². The molecular weight excluding hydrogens is 350 g/mol. The standard InChI is InChI=1S/C22H21N5O/c1-13-6-7-16(11-18(13)28)20-19-21(23)24-12-25-22(19)27(26-20)17-9-8-14-4-2-3-5-15(14)10-17/h2-7,11-12,17,28H,8-10H2,1H3,(H2,23,24,25). The van der Waals surface area contributed by atoms with E-state index in [4.69, 9.17) is 10.8 Å². The van der Waals surface area contributed by atoms with Crippen LogP contribution in [0.2, 0.25) is 0 Å². The fraction of sp³-hybridized carbons (Fsp3) is 0.227. The van der Waals surface area contributed by atoms with Gasteiger partial charge in [0.15, 0.2) is 5.65 Å². The Morgan fingerprint density at radius 3 is 2.75 bits per heavy atom. The third-order valence-electron chi connectivity index (χ3n) is 5.67. The molecule has 6 nitrogen and oxygen atoms in total. The van der Waals surface area contributed by atoms with Crippen LogP contribution in [0.5, 0.6) is 5.75 Å². The van der Waals surface area contributed by atoms with E-state index in [1.807, 2.05) is 23.7 Å². The molecule has 2 heterocycles. The Labute approximate surface area is 162 Å². The van der Waals surface area contributed by atoms with Gasteiger partial charge in [0.05, 0.1) is 11.4 Å². The Morgan fingerprint density at radius 2 is 1.93 bits per heavy atom. The predicted octanol–water partition coefficient (Wildman–Crippen LogP) is 3.82. The number of nitrogen functional groups attached to an aromatic ring is 1. The summed E-state index contributed by atoms with van der Waals surface area (Å²) < 4.78 is 2.00. The molecule has 0 aliphatic heterocycles. The van der Waals surface area contributed by atoms with Crippen LogP contribution in [0.4, 0.5) is 5.82 Å². The van der Waals surface area contributed by atoms with Crippen molar-refractivity contribution in [2.75, 3.05) is 5.73 Å². The van der Waals surface area contributed by atoms with Crippen molar-refractivity contribution in [1.82, 2.24) is 19.7 Å². The molecular formula is C22H21N5O. The number of anilines is 1. The van der Waals surface area contributed by atoms with Crippen LogP contribution in [0.3, 0.4) is 0 Å². The highest BCUT2D eigenvalue weighted by molar-refractivity contribution is 5.98. The van der Waals surface area contributed by atoms with E-state index < -0.39 is 0 Å². The van der Waals surface area contributed by atoms with Gasteiger partial charge in [0.1, 0.15) is 23.6 Å². The van der Waals surface area contributed by atoms with Crippen LogP contribution in [-0.4, -0.2) is 24.9 Å². The monoisotopic (exact) mass is 371 g/mol. The summed E-state index contributed by atoms with van der Waals surface area (Å²) in [5.41, 5.74) is 12.1. The van der Waals surface area contributed by atoms with Gasteiger partial charge < -0.3 is 10.8 Å². The number of fused-ring (bicyclic) bond motifs is 2. The summed E-state index contributed by atoms with van der Waals surface area (Å²) in [4.78, 5) is 8.68. The number of hydrogen-bond acceptors (Lipinski definition) is 5. The first-order chi connectivity index (χ1) is 13.6. The van der Waals surface area contributed by atoms with E-state index in [2.05, 4.69) is 34.2 Å². The van der Waals surface area contributed by atoms with E-state index in [1.165, 1.54) is 17.5 Å². The SMILES string of the molecule is Cc1ccc(-c2nn(C3CCc4ccccc4C3)c3ncnc(N)c23)cc1O. The Kier molecular flexibility index (Phi) is 3.79. The van der Waals surface area contributed by atoms with Gasteiger partial charge in [-0.15, -0.1) is 0 Å². The van der Waals surface area contributed by atoms with E-state index in [0.29, 0.717) is 11.5 Å². The molecule has 4 aromatic rings. The Bertz CT molecular complexity index is 1200. The molecule has 0 fully saturated rings. The van der Waals surface area contributed by atoms with Crippen LogP contribution in [0.15, 0.2) is 48.8 Å². The summed E-state index contributed by atoms with van der Waals surface area (Å²) in [7, 11) is 0. The Hall–Kier alpha value is -3.41. The molecule has 1 unspecified atom stereocenters. The van der Waals surface area contributed by atoms with E-state index in [1.54, 1.807) is 6.07 Å². The van der Waals surface area contributed by atoms with Crippen LogP contribution < -0.4 is 5.73 Å². The number of phenols is 1. The topological polar surface area (TPSA) is 89.9 Å². The first-order valence-corrected chi connectivity index (χ1v) is 9.47. The smallest absolute Gasteiger partial charge is 0.164 e. The summed E-state index contributed by atoms with van der Waals surface area (Å²) in [6.45, 7) is 1.87. The van der Waals surface area contributed by atoms with Crippen molar-refractivity contribution in [2.24, 2.45) is 0 Å². The molecule has 1 atom stereocenters. The Balaban J connectivity index is 1.67. The molecule has 1 aliphatic rings. The van der Waals surface area contributed by atoms with Gasteiger partial charge in [0.2, 0.25) is 0 Å². The number of nitrogens with two attached hydrogens (primary N) is 1. The molecule has 2 aromatic heterocycles. The van der Waals surface area contributed by atoms with Crippen LogP contribution in [0.25, 0.3) is 22.3 Å². The number of hydrogen-bond donors (Lipinski definition) is 2. The molecule has 6 heteroatoms. The van der Waals surface area contributed by atoms with Gasteiger partial charge in [-0.1, -0.05) is 36.4 Å². The van der Waals surface area contributed by atoms with Crippen molar-refractivity contribution in [1.29, 1.82) is 0 Å². The summed E-state index contributed by atoms with van der Waals surface area (Å²) in [5, 5.41) is 15.8. The lowest BCUT2D eigenvalue weighted by atomic mass is 9.88. The minimum atomic E-state index is 0.208. The van der Waals surface area contributed by atoms with Gasteiger partial charge in [-0.25, -0.2) is 14.6 Å². The predicted molar refractivity (Wildman–Crippen MR) is 109 cm³/mol. The molecule has 0 amide bonds. The number of phenolic OH excluding ortho intramolecular Hbond substituents is 1. The molecule has 0 saturated heterocycles. The first kappa shape index (κ1) is 16.7. The van der Waals surface area contributed by atoms with Gasteiger partial charge in [-0.2, -0.15) is 5.10 Å². The van der Waals surface area contributed by atoms with Gasteiger partial charge in [0, 0.05) is 5.56 Å². The van der Waals surface area contributed by atoms with E-state index >= 15 is 0 Å². The lowest BCUT2D eigenvalue weighted by Crippen LogP contribution is -2.20. The highest BCUT2D eigenvalue weighted by Gasteiger charge is 2.25. The van der Waals surface area contributed by atoms with Crippen LogP contribution in [0, 0.1) is 6.92 Å². The number of aromatic nitrogens is 4. The molecule has 0 spiro atoms. The summed E-state index contributed by atoms with van der Waals surface area (Å²) in [6, 6.07) is 14.3. The van der Waals surface area contributed by atoms with Gasteiger partial charge in [-0.3, -0.25) is 0 Å². The molecule has 0 bridgehead atoms. The highest BCUT2D eigenvalue weighted by atomic mass is 16.3. The second-order valence-electron chi connectivity index (χ2n) is 7.42. The first-order valence-electron chi connectivity index (χ1n) is 9.47. The van der Waals surface area contributed by atoms with Crippen molar-refractivity contribution in [3.63, 3.8) is 0 Å². The number of benzene rings is 2. The number of nitrogens with zero attached hydrogens (tertiary/aromatic N) is 4. The lowest BCUT2D eigenvalue weighted by molar-refractivity contribution is 0.415. The molecule has 3 N–H and O–H groups in total. The second kappa shape index (κ2) is 6.34. The van der Waals surface area contributed by atoms with Gasteiger partial charge in [0.25, 0.3) is 0 Å². The zero-order valence-electron chi connectivity index (χ0n) is 15.6. The highest BCUT2D eigenvalue weighted by Crippen LogP contribution is 2.36. The summed E-state index contributed by atoms with van der Waals surface area (Å²) >= 11 is 0.